The maximum Gasteiger partial charge on any atom is 0.265 e. The van der Waals surface area contributed by atoms with E-state index in [4.69, 9.17) is 16.3 Å². The third kappa shape index (κ3) is 4.00. The van der Waals surface area contributed by atoms with Crippen molar-refractivity contribution in [3.05, 3.63) is 77.8 Å². The second-order valence-electron chi connectivity index (χ2n) is 5.54. The van der Waals surface area contributed by atoms with Crippen LogP contribution >= 0.6 is 11.6 Å². The zero-order valence-electron chi connectivity index (χ0n) is 14.1. The van der Waals surface area contributed by atoms with E-state index in [0.717, 1.165) is 11.1 Å². The number of halogens is 1. The van der Waals surface area contributed by atoms with Crippen molar-refractivity contribution in [1.82, 2.24) is 0 Å². The highest BCUT2D eigenvalue weighted by molar-refractivity contribution is 7.92. The van der Waals surface area contributed by atoms with Crippen molar-refractivity contribution in [2.45, 2.75) is 11.8 Å². The minimum Gasteiger partial charge on any atom is -0.492 e. The summed E-state index contributed by atoms with van der Waals surface area (Å²) in [7, 11) is -3.88. The molecule has 0 amide bonds. The lowest BCUT2D eigenvalue weighted by molar-refractivity contribution is 0.331. The fraction of sp³-hybridized carbons (Fsp3) is 0.100. The van der Waals surface area contributed by atoms with E-state index in [1.807, 2.05) is 42.5 Å². The number of hydrogen-bond acceptors (Lipinski definition) is 3. The van der Waals surface area contributed by atoms with Crippen molar-refractivity contribution in [2.24, 2.45) is 0 Å². The van der Waals surface area contributed by atoms with E-state index < -0.39 is 10.0 Å². The molecule has 134 valence electrons. The predicted octanol–water partition coefficient (Wildman–Crippen LogP) is 5.21. The summed E-state index contributed by atoms with van der Waals surface area (Å²) in [5.74, 6) is 0.265. The SMILES string of the molecule is CCOc1ccc(Cl)cc1S(=O)(=O)Nc1ccccc1-c1ccccc1. The van der Waals surface area contributed by atoms with Crippen LogP contribution in [0.5, 0.6) is 5.75 Å². The molecule has 0 heterocycles. The molecule has 3 aromatic carbocycles. The Morgan fingerprint density at radius 1 is 0.962 bits per heavy atom. The van der Waals surface area contributed by atoms with Gasteiger partial charge in [0.1, 0.15) is 10.6 Å². The smallest absolute Gasteiger partial charge is 0.265 e. The van der Waals surface area contributed by atoms with Crippen LogP contribution in [0, 0.1) is 0 Å². The molecule has 0 atom stereocenters. The first kappa shape index (κ1) is 18.3. The van der Waals surface area contributed by atoms with Crippen molar-refractivity contribution in [3.8, 4) is 16.9 Å². The number of benzene rings is 3. The molecule has 0 radical (unpaired) electrons. The van der Waals surface area contributed by atoms with Crippen LogP contribution in [-0.4, -0.2) is 15.0 Å². The molecule has 3 rings (SSSR count). The van der Waals surface area contributed by atoms with Gasteiger partial charge in [-0.1, -0.05) is 60.1 Å². The molecule has 0 saturated carbocycles. The summed E-state index contributed by atoms with van der Waals surface area (Å²) in [4.78, 5) is 0.00900. The highest BCUT2D eigenvalue weighted by Gasteiger charge is 2.21. The van der Waals surface area contributed by atoms with Crippen molar-refractivity contribution in [3.63, 3.8) is 0 Å². The topological polar surface area (TPSA) is 55.4 Å². The Kier molecular flexibility index (Phi) is 5.49. The van der Waals surface area contributed by atoms with Crippen LogP contribution in [0.4, 0.5) is 5.69 Å². The minimum atomic E-state index is -3.88. The number of rotatable bonds is 6. The standard InChI is InChI=1S/C20H18ClNO3S/c1-2-25-19-13-12-16(21)14-20(19)26(23,24)22-18-11-7-6-10-17(18)15-8-4-3-5-9-15/h3-14,22H,2H2,1H3. The molecular formula is C20H18ClNO3S. The third-order valence-electron chi connectivity index (χ3n) is 3.75. The van der Waals surface area contributed by atoms with Gasteiger partial charge in [-0.15, -0.1) is 0 Å². The number of sulfonamides is 1. The maximum absolute atomic E-state index is 13.0. The van der Waals surface area contributed by atoms with Crippen LogP contribution in [0.3, 0.4) is 0 Å². The normalized spacial score (nSPS) is 11.2. The van der Waals surface area contributed by atoms with E-state index in [1.165, 1.54) is 6.07 Å². The Morgan fingerprint density at radius 3 is 2.38 bits per heavy atom. The van der Waals surface area contributed by atoms with Crippen LogP contribution in [0.2, 0.25) is 5.02 Å². The summed E-state index contributed by atoms with van der Waals surface area (Å²) in [6, 6.07) is 21.4. The van der Waals surface area contributed by atoms with Crippen molar-refractivity contribution < 1.29 is 13.2 Å². The summed E-state index contributed by atoms with van der Waals surface area (Å²) in [5, 5.41) is 0.324. The highest BCUT2D eigenvalue weighted by atomic mass is 35.5. The van der Waals surface area contributed by atoms with E-state index in [-0.39, 0.29) is 10.6 Å². The van der Waals surface area contributed by atoms with Gasteiger partial charge in [0.2, 0.25) is 0 Å². The molecule has 26 heavy (non-hydrogen) atoms. The van der Waals surface area contributed by atoms with Gasteiger partial charge in [0.25, 0.3) is 10.0 Å². The van der Waals surface area contributed by atoms with Crippen molar-refractivity contribution in [1.29, 1.82) is 0 Å². The summed E-state index contributed by atoms with van der Waals surface area (Å²) >= 11 is 6.01. The van der Waals surface area contributed by atoms with Crippen molar-refractivity contribution in [2.75, 3.05) is 11.3 Å². The van der Waals surface area contributed by atoms with Crippen LogP contribution < -0.4 is 9.46 Å². The van der Waals surface area contributed by atoms with Gasteiger partial charge >= 0.3 is 0 Å². The Bertz CT molecular complexity index is 1000. The quantitative estimate of drug-likeness (QED) is 0.631. The number of para-hydroxylation sites is 1. The van der Waals surface area contributed by atoms with Crippen LogP contribution in [0.15, 0.2) is 77.7 Å². The lowest BCUT2D eigenvalue weighted by atomic mass is 10.0. The summed E-state index contributed by atoms with van der Waals surface area (Å²) in [6.45, 7) is 2.15. The lowest BCUT2D eigenvalue weighted by Crippen LogP contribution is -2.15. The van der Waals surface area contributed by atoms with Crippen LogP contribution in [0.25, 0.3) is 11.1 Å². The third-order valence-corrected chi connectivity index (χ3v) is 5.37. The average molecular weight is 388 g/mol. The van der Waals surface area contributed by atoms with E-state index in [2.05, 4.69) is 4.72 Å². The Labute approximate surface area is 158 Å². The molecule has 4 nitrogen and oxygen atoms in total. The molecular weight excluding hydrogens is 370 g/mol. The Morgan fingerprint density at radius 2 is 1.65 bits per heavy atom. The Balaban J connectivity index is 2.04. The molecule has 3 aromatic rings. The Hall–Kier alpha value is -2.50. The van der Waals surface area contributed by atoms with Gasteiger partial charge in [0.15, 0.2) is 0 Å². The molecule has 0 bridgehead atoms. The largest absolute Gasteiger partial charge is 0.492 e. The first-order chi connectivity index (χ1) is 12.5. The number of anilines is 1. The van der Waals surface area contributed by atoms with Gasteiger partial charge in [0.05, 0.1) is 12.3 Å². The van der Waals surface area contributed by atoms with Gasteiger partial charge in [-0.05, 0) is 36.8 Å². The van der Waals surface area contributed by atoms with E-state index in [1.54, 1.807) is 31.2 Å². The van der Waals surface area contributed by atoms with Crippen LogP contribution in [0.1, 0.15) is 6.92 Å². The second kappa shape index (κ2) is 7.81. The molecule has 0 aliphatic rings. The number of ether oxygens (including phenoxy) is 1. The summed E-state index contributed by atoms with van der Waals surface area (Å²) in [5.41, 5.74) is 2.19. The van der Waals surface area contributed by atoms with E-state index >= 15 is 0 Å². The zero-order chi connectivity index (χ0) is 18.6. The molecule has 0 aliphatic carbocycles. The molecule has 0 aliphatic heterocycles. The monoisotopic (exact) mass is 387 g/mol. The first-order valence-electron chi connectivity index (χ1n) is 8.11. The number of nitrogens with one attached hydrogen (secondary N) is 1. The summed E-state index contributed by atoms with van der Waals surface area (Å²) in [6.07, 6.45) is 0. The van der Waals surface area contributed by atoms with Crippen molar-refractivity contribution >= 4 is 27.3 Å². The number of hydrogen-bond donors (Lipinski definition) is 1. The molecule has 0 aromatic heterocycles. The van der Waals surface area contributed by atoms with Gasteiger partial charge in [-0.2, -0.15) is 0 Å². The molecule has 1 N–H and O–H groups in total. The van der Waals surface area contributed by atoms with Gasteiger partial charge in [-0.25, -0.2) is 8.42 Å². The minimum absolute atomic E-state index is 0.00900. The van der Waals surface area contributed by atoms with Crippen LogP contribution in [-0.2, 0) is 10.0 Å². The first-order valence-corrected chi connectivity index (χ1v) is 9.97. The maximum atomic E-state index is 13.0. The predicted molar refractivity (Wildman–Crippen MR) is 105 cm³/mol. The second-order valence-corrected chi connectivity index (χ2v) is 7.63. The van der Waals surface area contributed by atoms with Gasteiger partial charge in [0, 0.05) is 10.6 Å². The summed E-state index contributed by atoms with van der Waals surface area (Å²) < 4.78 is 34.1. The van der Waals surface area contributed by atoms with Gasteiger partial charge < -0.3 is 4.74 Å². The lowest BCUT2D eigenvalue weighted by Gasteiger charge is -2.15. The molecule has 6 heteroatoms. The van der Waals surface area contributed by atoms with E-state index in [9.17, 15) is 8.42 Å². The fourth-order valence-electron chi connectivity index (χ4n) is 2.61. The average Bonchev–Trinajstić information content (AvgIpc) is 2.64. The fourth-order valence-corrected chi connectivity index (χ4v) is 4.10. The molecule has 0 fully saturated rings. The highest BCUT2D eigenvalue weighted by Crippen LogP contribution is 2.32. The molecule has 0 spiro atoms. The molecule has 0 unspecified atom stereocenters. The molecule has 0 saturated heterocycles. The van der Waals surface area contributed by atoms with Gasteiger partial charge in [-0.3, -0.25) is 4.72 Å². The zero-order valence-corrected chi connectivity index (χ0v) is 15.7. The van der Waals surface area contributed by atoms with E-state index in [0.29, 0.717) is 17.3 Å².